The summed E-state index contributed by atoms with van der Waals surface area (Å²) in [6.07, 6.45) is 0.0281. The van der Waals surface area contributed by atoms with Gasteiger partial charge in [0.2, 0.25) is 0 Å². The number of aryl methyl sites for hydroxylation is 2. The van der Waals surface area contributed by atoms with Crippen LogP contribution in [0.15, 0.2) is 29.3 Å². The van der Waals surface area contributed by atoms with Crippen LogP contribution in [-0.4, -0.2) is 44.8 Å². The van der Waals surface area contributed by atoms with Gasteiger partial charge in [-0.05, 0) is 38.5 Å². The minimum Gasteiger partial charge on any atom is -0.465 e. The summed E-state index contributed by atoms with van der Waals surface area (Å²) in [5, 5.41) is 19.5. The Morgan fingerprint density at radius 2 is 1.97 bits per heavy atom. The van der Waals surface area contributed by atoms with Gasteiger partial charge in [-0.25, -0.2) is 0 Å². The van der Waals surface area contributed by atoms with Gasteiger partial charge in [-0.2, -0.15) is 0 Å². The van der Waals surface area contributed by atoms with Gasteiger partial charge >= 0.3 is 5.97 Å². The molecule has 0 saturated heterocycles. The lowest BCUT2D eigenvalue weighted by molar-refractivity contribution is -0.145. The van der Waals surface area contributed by atoms with Gasteiger partial charge in [0.15, 0.2) is 5.82 Å². The molecule has 0 bridgehead atoms. The van der Waals surface area contributed by atoms with Crippen molar-refractivity contribution in [3.63, 3.8) is 0 Å². The molecule has 0 spiro atoms. The van der Waals surface area contributed by atoms with Crippen molar-refractivity contribution in [2.75, 3.05) is 13.2 Å². The molecule has 0 saturated carbocycles. The molecule has 1 aliphatic heterocycles. The first kappa shape index (κ1) is 22.6. The second kappa shape index (κ2) is 9.13. The second-order valence-electron chi connectivity index (χ2n) is 8.08. The Morgan fingerprint density at radius 1 is 1.25 bits per heavy atom. The summed E-state index contributed by atoms with van der Waals surface area (Å²) in [7, 11) is 0. The standard InChI is InChI=1S/C23H25ClN4O3S/c1-12(10-29)11-31-19(30)9-18-22-27-26-15(4)28(22)23-20(13(2)14(3)32-23)21(25-18)16-5-7-17(24)8-6-16/h5-8,12,18,29H,9-11H2,1-4H3/t12?,18-/m1/s1. The number of benzene rings is 1. The van der Waals surface area contributed by atoms with Crippen molar-refractivity contribution in [3.05, 3.63) is 62.5 Å². The van der Waals surface area contributed by atoms with E-state index in [-0.39, 0.29) is 31.5 Å². The van der Waals surface area contributed by atoms with Crippen LogP contribution in [0.2, 0.25) is 5.02 Å². The number of esters is 1. The Bertz CT molecular complexity index is 1180. The molecule has 1 aromatic carbocycles. The molecule has 9 heteroatoms. The van der Waals surface area contributed by atoms with Gasteiger partial charge in [0.1, 0.15) is 16.9 Å². The molecule has 0 fully saturated rings. The summed E-state index contributed by atoms with van der Waals surface area (Å²) in [4.78, 5) is 18.9. The Labute approximate surface area is 195 Å². The number of ether oxygens (including phenoxy) is 1. The summed E-state index contributed by atoms with van der Waals surface area (Å²) in [5.74, 6) is 0.841. The van der Waals surface area contributed by atoms with Gasteiger partial charge < -0.3 is 9.84 Å². The number of halogens is 1. The summed E-state index contributed by atoms with van der Waals surface area (Å²) >= 11 is 7.79. The Morgan fingerprint density at radius 3 is 2.66 bits per heavy atom. The van der Waals surface area contributed by atoms with Crippen LogP contribution in [-0.2, 0) is 9.53 Å². The lowest BCUT2D eigenvalue weighted by atomic mass is 9.99. The van der Waals surface area contributed by atoms with E-state index in [0.29, 0.717) is 10.8 Å². The summed E-state index contributed by atoms with van der Waals surface area (Å²) < 4.78 is 7.38. The van der Waals surface area contributed by atoms with Crippen LogP contribution >= 0.6 is 22.9 Å². The number of thiophene rings is 1. The van der Waals surface area contributed by atoms with Crippen LogP contribution in [0.5, 0.6) is 0 Å². The van der Waals surface area contributed by atoms with Crippen molar-refractivity contribution in [3.8, 4) is 5.00 Å². The van der Waals surface area contributed by atoms with Crippen LogP contribution < -0.4 is 0 Å². The van der Waals surface area contributed by atoms with Crippen molar-refractivity contribution in [2.24, 2.45) is 10.9 Å². The molecule has 0 radical (unpaired) electrons. The van der Waals surface area contributed by atoms with E-state index in [4.69, 9.17) is 21.3 Å². The predicted octanol–water partition coefficient (Wildman–Crippen LogP) is 4.36. The smallest absolute Gasteiger partial charge is 0.308 e. The zero-order chi connectivity index (χ0) is 23.0. The number of carbonyl (C=O) groups excluding carboxylic acids is 1. The second-order valence-corrected chi connectivity index (χ2v) is 9.72. The molecule has 0 aliphatic carbocycles. The highest BCUT2D eigenvalue weighted by molar-refractivity contribution is 7.15. The molecule has 0 amide bonds. The number of aliphatic imine (C=N–C) groups is 1. The molecule has 4 rings (SSSR count). The molecule has 168 valence electrons. The first-order chi connectivity index (χ1) is 15.3. The van der Waals surface area contributed by atoms with Crippen molar-refractivity contribution in [2.45, 2.75) is 40.2 Å². The largest absolute Gasteiger partial charge is 0.465 e. The first-order valence-electron chi connectivity index (χ1n) is 10.4. The number of hydrogen-bond acceptors (Lipinski definition) is 7. The lowest BCUT2D eigenvalue weighted by Gasteiger charge is -2.14. The third kappa shape index (κ3) is 4.22. The van der Waals surface area contributed by atoms with Crippen LogP contribution in [0.1, 0.15) is 52.6 Å². The quantitative estimate of drug-likeness (QED) is 0.538. The van der Waals surface area contributed by atoms with E-state index in [2.05, 4.69) is 24.0 Å². The van der Waals surface area contributed by atoms with Gasteiger partial charge in [-0.3, -0.25) is 14.4 Å². The monoisotopic (exact) mass is 472 g/mol. The maximum absolute atomic E-state index is 12.6. The number of aromatic nitrogens is 3. The van der Waals surface area contributed by atoms with E-state index >= 15 is 0 Å². The molecule has 3 aromatic rings. The van der Waals surface area contributed by atoms with Crippen molar-refractivity contribution >= 4 is 34.6 Å². The number of nitrogens with zero attached hydrogens (tertiary/aromatic N) is 4. The number of hydrogen-bond donors (Lipinski definition) is 1. The van der Waals surface area contributed by atoms with Crippen molar-refractivity contribution < 1.29 is 14.6 Å². The van der Waals surface area contributed by atoms with E-state index < -0.39 is 6.04 Å². The van der Waals surface area contributed by atoms with Crippen LogP contribution in [0.4, 0.5) is 0 Å². The third-order valence-corrected chi connectivity index (χ3v) is 7.00. The number of fused-ring (bicyclic) bond motifs is 3. The summed E-state index contributed by atoms with van der Waals surface area (Å²) in [6.45, 7) is 8.01. The maximum Gasteiger partial charge on any atom is 0.308 e. The normalized spacial score (nSPS) is 16.1. The zero-order valence-electron chi connectivity index (χ0n) is 18.4. The highest BCUT2D eigenvalue weighted by Crippen LogP contribution is 2.39. The Hall–Kier alpha value is -2.55. The molecule has 3 heterocycles. The Kier molecular flexibility index (Phi) is 6.46. The SMILES string of the molecule is Cc1sc2c(c1C)C(c1ccc(Cl)cc1)=N[C@H](CC(=O)OCC(C)CO)c1nnc(C)n1-2. The van der Waals surface area contributed by atoms with E-state index in [1.165, 1.54) is 4.88 Å². The van der Waals surface area contributed by atoms with Crippen LogP contribution in [0.25, 0.3) is 5.00 Å². The highest BCUT2D eigenvalue weighted by Gasteiger charge is 2.32. The molecule has 1 N–H and O–H groups in total. The van der Waals surface area contributed by atoms with Crippen molar-refractivity contribution in [1.29, 1.82) is 0 Å². The third-order valence-electron chi connectivity index (χ3n) is 5.56. The Balaban J connectivity index is 1.83. The fraction of sp³-hybridized carbons (Fsp3) is 0.391. The lowest BCUT2D eigenvalue weighted by Crippen LogP contribution is -2.17. The first-order valence-corrected chi connectivity index (χ1v) is 11.6. The molecule has 2 aromatic heterocycles. The van der Waals surface area contributed by atoms with Crippen molar-refractivity contribution in [1.82, 2.24) is 14.8 Å². The van der Waals surface area contributed by atoms with Gasteiger partial charge in [-0.1, -0.05) is 30.7 Å². The van der Waals surface area contributed by atoms with E-state index in [1.54, 1.807) is 11.3 Å². The molecular weight excluding hydrogens is 448 g/mol. The van der Waals surface area contributed by atoms with Gasteiger partial charge in [-0.15, -0.1) is 21.5 Å². The van der Waals surface area contributed by atoms with Gasteiger partial charge in [0.25, 0.3) is 0 Å². The number of aliphatic hydroxyl groups excluding tert-OH is 1. The number of aliphatic hydroxyl groups is 1. The topological polar surface area (TPSA) is 89.6 Å². The molecule has 32 heavy (non-hydrogen) atoms. The fourth-order valence-corrected chi connectivity index (χ4v) is 4.98. The molecule has 1 aliphatic rings. The summed E-state index contributed by atoms with van der Waals surface area (Å²) in [6, 6.07) is 6.99. The zero-order valence-corrected chi connectivity index (χ0v) is 20.0. The molecule has 1 unspecified atom stereocenters. The molecular formula is C23H25ClN4O3S. The number of rotatable bonds is 6. The van der Waals surface area contributed by atoms with Gasteiger partial charge in [0, 0.05) is 33.6 Å². The van der Waals surface area contributed by atoms with Crippen LogP contribution in [0, 0.1) is 26.7 Å². The number of carbonyl (C=O) groups is 1. The van der Waals surface area contributed by atoms with Crippen LogP contribution in [0.3, 0.4) is 0 Å². The summed E-state index contributed by atoms with van der Waals surface area (Å²) in [5.41, 5.74) is 3.87. The minimum absolute atomic E-state index is 0.0281. The maximum atomic E-state index is 12.6. The fourth-order valence-electron chi connectivity index (χ4n) is 3.64. The van der Waals surface area contributed by atoms with E-state index in [9.17, 15) is 9.90 Å². The predicted molar refractivity (Wildman–Crippen MR) is 125 cm³/mol. The molecule has 2 atom stereocenters. The minimum atomic E-state index is -0.557. The van der Waals surface area contributed by atoms with Gasteiger partial charge in [0.05, 0.1) is 18.7 Å². The average Bonchev–Trinajstić information content (AvgIpc) is 3.25. The molecule has 7 nitrogen and oxygen atoms in total. The average molecular weight is 473 g/mol. The highest BCUT2D eigenvalue weighted by atomic mass is 35.5. The van der Waals surface area contributed by atoms with E-state index in [0.717, 1.165) is 33.2 Å². The van der Waals surface area contributed by atoms with E-state index in [1.807, 2.05) is 42.7 Å².